The summed E-state index contributed by atoms with van der Waals surface area (Å²) < 4.78 is 36.7. The Balaban J connectivity index is 0.000000322. The number of halogens is 3. The van der Waals surface area contributed by atoms with Gasteiger partial charge in [-0.05, 0) is 31.0 Å². The molecule has 6 nitrogen and oxygen atoms in total. The minimum atomic E-state index is -5.08. The fourth-order valence-corrected chi connectivity index (χ4v) is 1.76. The summed E-state index contributed by atoms with van der Waals surface area (Å²) in [7, 11) is 0. The van der Waals surface area contributed by atoms with E-state index < -0.39 is 12.1 Å². The molecule has 1 aliphatic heterocycles. The summed E-state index contributed by atoms with van der Waals surface area (Å²) in [5.41, 5.74) is 8.31. The standard InChI is InChI=1S/C12H14N2O2.C2HF3O2/c1-2-16-12(15)9-4-3-8-5-6-14-11(13)10(8)7-9;3-2(4,5)1(6)7/h3-4,7H,2,5-6H2,1H3,(H2,13,14);(H,6,7). The van der Waals surface area contributed by atoms with Crippen LogP contribution in [0.5, 0.6) is 0 Å². The van der Waals surface area contributed by atoms with Crippen LogP contribution >= 0.6 is 0 Å². The molecule has 1 aliphatic rings. The van der Waals surface area contributed by atoms with Gasteiger partial charge in [0.05, 0.1) is 12.2 Å². The molecule has 0 spiro atoms. The normalized spacial score (nSPS) is 13.1. The summed E-state index contributed by atoms with van der Waals surface area (Å²) >= 11 is 0. The van der Waals surface area contributed by atoms with Gasteiger partial charge in [-0.3, -0.25) is 4.99 Å². The van der Waals surface area contributed by atoms with Crippen molar-refractivity contribution in [1.29, 1.82) is 0 Å². The molecule has 0 radical (unpaired) electrons. The van der Waals surface area contributed by atoms with Crippen LogP contribution in [0.15, 0.2) is 23.2 Å². The largest absolute Gasteiger partial charge is 0.490 e. The van der Waals surface area contributed by atoms with Gasteiger partial charge in [0.25, 0.3) is 0 Å². The second-order valence-corrected chi connectivity index (χ2v) is 4.41. The van der Waals surface area contributed by atoms with Gasteiger partial charge in [-0.2, -0.15) is 13.2 Å². The van der Waals surface area contributed by atoms with Crippen LogP contribution in [0.25, 0.3) is 0 Å². The third-order valence-electron chi connectivity index (χ3n) is 2.80. The lowest BCUT2D eigenvalue weighted by Crippen LogP contribution is -2.21. The summed E-state index contributed by atoms with van der Waals surface area (Å²) in [6, 6.07) is 5.45. The third-order valence-corrected chi connectivity index (χ3v) is 2.80. The molecule has 0 fully saturated rings. The van der Waals surface area contributed by atoms with E-state index in [4.69, 9.17) is 20.4 Å². The van der Waals surface area contributed by atoms with Gasteiger partial charge in [-0.25, -0.2) is 9.59 Å². The van der Waals surface area contributed by atoms with Gasteiger partial charge in [-0.1, -0.05) is 6.07 Å². The number of rotatable bonds is 2. The highest BCUT2D eigenvalue weighted by Crippen LogP contribution is 2.17. The number of aliphatic carboxylic acids is 1. The fraction of sp³-hybridized carbons (Fsp3) is 0.357. The number of hydrogen-bond donors (Lipinski definition) is 2. The molecule has 0 aliphatic carbocycles. The van der Waals surface area contributed by atoms with Gasteiger partial charge in [0.15, 0.2) is 0 Å². The number of fused-ring (bicyclic) bond motifs is 1. The molecule has 0 bridgehead atoms. The van der Waals surface area contributed by atoms with Crippen molar-refractivity contribution in [3.8, 4) is 0 Å². The lowest BCUT2D eigenvalue weighted by atomic mass is 9.98. The number of carbonyl (C=O) groups excluding carboxylic acids is 1. The van der Waals surface area contributed by atoms with Crippen LogP contribution in [0.3, 0.4) is 0 Å². The molecule has 0 unspecified atom stereocenters. The maximum atomic E-state index is 11.5. The topological polar surface area (TPSA) is 102 Å². The van der Waals surface area contributed by atoms with E-state index >= 15 is 0 Å². The second-order valence-electron chi connectivity index (χ2n) is 4.41. The molecule has 1 aromatic rings. The van der Waals surface area contributed by atoms with E-state index in [1.165, 1.54) is 0 Å². The van der Waals surface area contributed by atoms with E-state index in [1.807, 2.05) is 6.07 Å². The molecule has 2 rings (SSSR count). The number of alkyl halides is 3. The first-order valence-corrected chi connectivity index (χ1v) is 6.57. The first-order chi connectivity index (χ1) is 10.7. The van der Waals surface area contributed by atoms with Gasteiger partial charge in [0.1, 0.15) is 5.84 Å². The number of hydrogen-bond acceptors (Lipinski definition) is 5. The molecule has 0 saturated heterocycles. The van der Waals surface area contributed by atoms with Crippen LogP contribution in [0, 0.1) is 0 Å². The van der Waals surface area contributed by atoms with Crippen molar-refractivity contribution in [3.05, 3.63) is 34.9 Å². The van der Waals surface area contributed by atoms with Crippen molar-refractivity contribution < 1.29 is 32.6 Å². The predicted octanol–water partition coefficient (Wildman–Crippen LogP) is 1.76. The predicted molar refractivity (Wildman–Crippen MR) is 75.4 cm³/mol. The molecule has 126 valence electrons. The van der Waals surface area contributed by atoms with Gasteiger partial charge in [0, 0.05) is 12.1 Å². The molecule has 1 aromatic carbocycles. The fourth-order valence-electron chi connectivity index (χ4n) is 1.76. The van der Waals surface area contributed by atoms with Gasteiger partial charge in [0.2, 0.25) is 0 Å². The number of amidine groups is 1. The summed E-state index contributed by atoms with van der Waals surface area (Å²) in [5.74, 6) is -2.57. The average Bonchev–Trinajstić information content (AvgIpc) is 2.47. The highest BCUT2D eigenvalue weighted by Gasteiger charge is 2.38. The van der Waals surface area contributed by atoms with E-state index in [1.54, 1.807) is 19.1 Å². The Kier molecular flexibility index (Phi) is 6.11. The Bertz CT molecular complexity index is 627. The van der Waals surface area contributed by atoms with Gasteiger partial charge in [-0.15, -0.1) is 0 Å². The summed E-state index contributed by atoms with van der Waals surface area (Å²) in [6.07, 6.45) is -4.21. The quantitative estimate of drug-likeness (QED) is 0.804. The molecule has 0 atom stereocenters. The van der Waals surface area contributed by atoms with E-state index in [-0.39, 0.29) is 5.97 Å². The lowest BCUT2D eigenvalue weighted by molar-refractivity contribution is -0.192. The van der Waals surface area contributed by atoms with Crippen LogP contribution in [-0.2, 0) is 16.0 Å². The summed E-state index contributed by atoms with van der Waals surface area (Å²) in [6.45, 7) is 2.88. The summed E-state index contributed by atoms with van der Waals surface area (Å²) in [5, 5.41) is 7.12. The summed E-state index contributed by atoms with van der Waals surface area (Å²) in [4.78, 5) is 24.6. The van der Waals surface area contributed by atoms with E-state index in [2.05, 4.69) is 4.99 Å². The highest BCUT2D eigenvalue weighted by atomic mass is 19.4. The van der Waals surface area contributed by atoms with Crippen LogP contribution in [0.1, 0.15) is 28.4 Å². The number of nitrogens with two attached hydrogens (primary N) is 1. The van der Waals surface area contributed by atoms with Crippen molar-refractivity contribution in [1.82, 2.24) is 0 Å². The zero-order valence-corrected chi connectivity index (χ0v) is 12.2. The molecule has 9 heteroatoms. The number of esters is 1. The second kappa shape index (κ2) is 7.61. The zero-order chi connectivity index (χ0) is 17.6. The lowest BCUT2D eigenvalue weighted by Gasteiger charge is -2.14. The SMILES string of the molecule is CCOC(=O)c1ccc2c(c1)C(N)=NCC2.O=C(O)C(F)(F)F. The smallest absolute Gasteiger partial charge is 0.475 e. The number of ether oxygens (including phenoxy) is 1. The van der Waals surface area contributed by atoms with Gasteiger partial charge >= 0.3 is 18.1 Å². The Morgan fingerprint density at radius 3 is 2.52 bits per heavy atom. The Morgan fingerprint density at radius 2 is 2.00 bits per heavy atom. The maximum Gasteiger partial charge on any atom is 0.490 e. The third kappa shape index (κ3) is 5.28. The molecular formula is C14H15F3N2O4. The first kappa shape index (κ1) is 18.5. The number of benzene rings is 1. The number of nitrogens with zero attached hydrogens (tertiary/aromatic N) is 1. The molecule has 1 heterocycles. The molecule has 0 aromatic heterocycles. The molecule has 23 heavy (non-hydrogen) atoms. The van der Waals surface area contributed by atoms with Crippen molar-refractivity contribution in [2.45, 2.75) is 19.5 Å². The van der Waals surface area contributed by atoms with Crippen LogP contribution < -0.4 is 5.73 Å². The number of carboxylic acids is 1. The van der Waals surface area contributed by atoms with Crippen molar-refractivity contribution in [2.75, 3.05) is 13.2 Å². The zero-order valence-electron chi connectivity index (χ0n) is 12.2. The molecule has 0 amide bonds. The molecule has 3 N–H and O–H groups in total. The molecule has 0 saturated carbocycles. The van der Waals surface area contributed by atoms with E-state index in [0.29, 0.717) is 18.0 Å². The Hall–Kier alpha value is -2.58. The van der Waals surface area contributed by atoms with Crippen molar-refractivity contribution in [2.24, 2.45) is 10.7 Å². The van der Waals surface area contributed by atoms with Gasteiger partial charge < -0.3 is 15.6 Å². The first-order valence-electron chi connectivity index (χ1n) is 6.57. The Labute approximate surface area is 129 Å². The number of carboxylic acid groups (broad SMARTS) is 1. The number of aliphatic imine (C=N–C) groups is 1. The number of carbonyl (C=O) groups is 2. The van der Waals surface area contributed by atoms with Crippen LogP contribution in [0.2, 0.25) is 0 Å². The van der Waals surface area contributed by atoms with E-state index in [0.717, 1.165) is 24.1 Å². The van der Waals surface area contributed by atoms with Crippen molar-refractivity contribution in [3.63, 3.8) is 0 Å². The molecular weight excluding hydrogens is 317 g/mol. The van der Waals surface area contributed by atoms with Crippen LogP contribution in [0.4, 0.5) is 13.2 Å². The van der Waals surface area contributed by atoms with Crippen molar-refractivity contribution >= 4 is 17.8 Å². The maximum absolute atomic E-state index is 11.5. The minimum absolute atomic E-state index is 0.316. The van der Waals surface area contributed by atoms with E-state index in [9.17, 15) is 18.0 Å². The minimum Gasteiger partial charge on any atom is -0.475 e. The van der Waals surface area contributed by atoms with Crippen LogP contribution in [-0.4, -0.2) is 42.2 Å². The Morgan fingerprint density at radius 1 is 1.39 bits per heavy atom. The monoisotopic (exact) mass is 332 g/mol. The highest BCUT2D eigenvalue weighted by molar-refractivity contribution is 6.02. The average molecular weight is 332 g/mol.